The summed E-state index contributed by atoms with van der Waals surface area (Å²) in [4.78, 5) is 0. The minimum atomic E-state index is 0.213. The molecule has 0 fully saturated rings. The Balaban J connectivity index is 2.98. The van der Waals surface area contributed by atoms with Crippen molar-refractivity contribution in [2.75, 3.05) is 6.61 Å². The van der Waals surface area contributed by atoms with E-state index in [1.165, 1.54) is 0 Å². The average Bonchev–Trinajstić information content (AvgIpc) is 1.68. The lowest BCUT2D eigenvalue weighted by Gasteiger charge is -2.02. The van der Waals surface area contributed by atoms with Gasteiger partial charge in [-0.15, -0.1) is 6.58 Å². The summed E-state index contributed by atoms with van der Waals surface area (Å²) in [6.07, 6.45) is 1.99. The molecule has 1 heteroatoms. The molecular formula is C6H12O. The predicted octanol–water partition coefficient (Wildman–Crippen LogP) is 1.60. The Kier molecular flexibility index (Phi) is 3.71. The Morgan fingerprint density at radius 1 is 1.86 bits per heavy atom. The maximum atomic E-state index is 5.07. The van der Waals surface area contributed by atoms with Crippen molar-refractivity contribution in [3.05, 3.63) is 12.7 Å². The van der Waals surface area contributed by atoms with Crippen molar-refractivity contribution in [3.8, 4) is 0 Å². The summed E-state index contributed by atoms with van der Waals surface area (Å²) >= 11 is 0. The molecule has 0 bridgehead atoms. The van der Waals surface area contributed by atoms with Crippen LogP contribution in [0.3, 0.4) is 0 Å². The normalized spacial score (nSPS) is 13.4. The van der Waals surface area contributed by atoms with Crippen molar-refractivity contribution in [2.24, 2.45) is 0 Å². The standard InChI is InChI=1S/C6H12O/c1-4-6(3)7-5-2/h4,6H,1,5H2,2-3H3. The van der Waals surface area contributed by atoms with Crippen molar-refractivity contribution >= 4 is 0 Å². The van der Waals surface area contributed by atoms with Crippen molar-refractivity contribution in [3.63, 3.8) is 0 Å². The zero-order chi connectivity index (χ0) is 5.70. The second-order valence-corrected chi connectivity index (χ2v) is 1.40. The highest BCUT2D eigenvalue weighted by Crippen LogP contribution is 1.87. The molecule has 0 aromatic heterocycles. The highest BCUT2D eigenvalue weighted by atomic mass is 16.5. The molecule has 0 aliphatic heterocycles. The van der Waals surface area contributed by atoms with Gasteiger partial charge in [0, 0.05) is 6.61 Å². The molecule has 0 aromatic rings. The summed E-state index contributed by atoms with van der Waals surface area (Å²) in [5.74, 6) is 0. The van der Waals surface area contributed by atoms with Gasteiger partial charge in [0.15, 0.2) is 0 Å². The van der Waals surface area contributed by atoms with Crippen LogP contribution in [0, 0.1) is 0 Å². The maximum absolute atomic E-state index is 5.07. The summed E-state index contributed by atoms with van der Waals surface area (Å²) in [7, 11) is 0. The van der Waals surface area contributed by atoms with Crippen LogP contribution in [0.15, 0.2) is 12.7 Å². The molecule has 0 radical (unpaired) electrons. The van der Waals surface area contributed by atoms with Gasteiger partial charge in [0.25, 0.3) is 0 Å². The van der Waals surface area contributed by atoms with Crippen molar-refractivity contribution in [2.45, 2.75) is 20.0 Å². The van der Waals surface area contributed by atoms with Crippen LogP contribution in [0.5, 0.6) is 0 Å². The fourth-order valence-corrected chi connectivity index (χ4v) is 0.331. The minimum Gasteiger partial charge on any atom is -0.375 e. The van der Waals surface area contributed by atoms with E-state index in [1.807, 2.05) is 13.8 Å². The highest BCUT2D eigenvalue weighted by molar-refractivity contribution is 4.74. The summed E-state index contributed by atoms with van der Waals surface area (Å²) in [5.41, 5.74) is 0. The van der Waals surface area contributed by atoms with Gasteiger partial charge in [-0.2, -0.15) is 0 Å². The van der Waals surface area contributed by atoms with Crippen LogP contribution in [0.1, 0.15) is 13.8 Å². The van der Waals surface area contributed by atoms with Crippen molar-refractivity contribution in [1.82, 2.24) is 0 Å². The van der Waals surface area contributed by atoms with Crippen LogP contribution in [0.2, 0.25) is 0 Å². The Labute approximate surface area is 45.0 Å². The summed E-state index contributed by atoms with van der Waals surface area (Å²) < 4.78 is 5.07. The number of hydrogen-bond donors (Lipinski definition) is 0. The second-order valence-electron chi connectivity index (χ2n) is 1.40. The fourth-order valence-electron chi connectivity index (χ4n) is 0.331. The Morgan fingerprint density at radius 3 is 2.57 bits per heavy atom. The second kappa shape index (κ2) is 3.88. The molecule has 0 spiro atoms. The third-order valence-corrected chi connectivity index (χ3v) is 0.761. The fraction of sp³-hybridized carbons (Fsp3) is 0.667. The number of ether oxygens (including phenoxy) is 1. The van der Waals surface area contributed by atoms with Crippen LogP contribution >= 0.6 is 0 Å². The van der Waals surface area contributed by atoms with E-state index in [9.17, 15) is 0 Å². The molecule has 0 saturated carbocycles. The van der Waals surface area contributed by atoms with E-state index in [0.717, 1.165) is 6.61 Å². The highest BCUT2D eigenvalue weighted by Gasteiger charge is 1.87. The van der Waals surface area contributed by atoms with Crippen LogP contribution in [0.4, 0.5) is 0 Å². The molecule has 0 N–H and O–H groups in total. The first-order valence-electron chi connectivity index (χ1n) is 2.55. The molecule has 0 rings (SSSR count). The van der Waals surface area contributed by atoms with Crippen LogP contribution < -0.4 is 0 Å². The Bertz CT molecular complexity index is 50.1. The summed E-state index contributed by atoms with van der Waals surface area (Å²) in [5, 5.41) is 0. The third-order valence-electron chi connectivity index (χ3n) is 0.761. The Hall–Kier alpha value is -0.300. The zero-order valence-corrected chi connectivity index (χ0v) is 4.98. The molecule has 0 heterocycles. The van der Waals surface area contributed by atoms with Crippen LogP contribution in [-0.2, 0) is 4.74 Å². The molecule has 7 heavy (non-hydrogen) atoms. The molecule has 1 nitrogen and oxygen atoms in total. The van der Waals surface area contributed by atoms with Gasteiger partial charge < -0.3 is 4.74 Å². The number of rotatable bonds is 3. The molecule has 0 aliphatic carbocycles. The molecule has 42 valence electrons. The first-order chi connectivity index (χ1) is 3.31. The van der Waals surface area contributed by atoms with E-state index in [1.54, 1.807) is 6.08 Å². The molecule has 0 aromatic carbocycles. The monoisotopic (exact) mass is 100 g/mol. The van der Waals surface area contributed by atoms with Gasteiger partial charge in [-0.3, -0.25) is 0 Å². The SMILES string of the molecule is C=CC(C)OCC. The third kappa shape index (κ3) is 3.53. The lowest BCUT2D eigenvalue weighted by molar-refractivity contribution is 0.110. The van der Waals surface area contributed by atoms with E-state index < -0.39 is 0 Å². The molecule has 0 saturated heterocycles. The first kappa shape index (κ1) is 6.70. The van der Waals surface area contributed by atoms with Crippen molar-refractivity contribution < 1.29 is 4.74 Å². The quantitative estimate of drug-likeness (QED) is 0.489. The van der Waals surface area contributed by atoms with E-state index >= 15 is 0 Å². The van der Waals surface area contributed by atoms with Gasteiger partial charge in [-0.25, -0.2) is 0 Å². The number of hydrogen-bond acceptors (Lipinski definition) is 1. The zero-order valence-electron chi connectivity index (χ0n) is 4.98. The van der Waals surface area contributed by atoms with Gasteiger partial charge >= 0.3 is 0 Å². The smallest absolute Gasteiger partial charge is 0.0724 e. The molecule has 1 unspecified atom stereocenters. The molecule has 0 aliphatic rings. The molecular weight excluding hydrogens is 88.1 g/mol. The summed E-state index contributed by atoms with van der Waals surface area (Å²) in [6, 6.07) is 0. The lowest BCUT2D eigenvalue weighted by Crippen LogP contribution is -2.01. The largest absolute Gasteiger partial charge is 0.375 e. The van der Waals surface area contributed by atoms with E-state index in [0.29, 0.717) is 0 Å². The van der Waals surface area contributed by atoms with Gasteiger partial charge in [-0.1, -0.05) is 6.08 Å². The van der Waals surface area contributed by atoms with Gasteiger partial charge in [0.1, 0.15) is 0 Å². The average molecular weight is 100 g/mol. The van der Waals surface area contributed by atoms with Gasteiger partial charge in [0.05, 0.1) is 6.10 Å². The van der Waals surface area contributed by atoms with Crippen LogP contribution in [0.25, 0.3) is 0 Å². The summed E-state index contributed by atoms with van der Waals surface area (Å²) in [6.45, 7) is 8.27. The van der Waals surface area contributed by atoms with E-state index in [2.05, 4.69) is 6.58 Å². The molecule has 0 amide bonds. The van der Waals surface area contributed by atoms with E-state index in [4.69, 9.17) is 4.74 Å². The predicted molar refractivity (Wildman–Crippen MR) is 31.3 cm³/mol. The van der Waals surface area contributed by atoms with E-state index in [-0.39, 0.29) is 6.10 Å². The maximum Gasteiger partial charge on any atom is 0.0724 e. The molecule has 1 atom stereocenters. The minimum absolute atomic E-state index is 0.213. The van der Waals surface area contributed by atoms with Crippen LogP contribution in [-0.4, -0.2) is 12.7 Å². The van der Waals surface area contributed by atoms with Gasteiger partial charge in [0.2, 0.25) is 0 Å². The lowest BCUT2D eigenvalue weighted by atomic mass is 10.4. The first-order valence-corrected chi connectivity index (χ1v) is 2.55. The topological polar surface area (TPSA) is 9.23 Å². The van der Waals surface area contributed by atoms with Crippen molar-refractivity contribution in [1.29, 1.82) is 0 Å². The Morgan fingerprint density at radius 2 is 2.43 bits per heavy atom. The van der Waals surface area contributed by atoms with Gasteiger partial charge in [-0.05, 0) is 13.8 Å².